The number of carbonyl (C=O) groups excluding carboxylic acids is 1. The van der Waals surface area contributed by atoms with E-state index in [9.17, 15) is 4.79 Å². The second-order valence-electron chi connectivity index (χ2n) is 4.24. The summed E-state index contributed by atoms with van der Waals surface area (Å²) in [5.41, 5.74) is 6.97. The summed E-state index contributed by atoms with van der Waals surface area (Å²) < 4.78 is 1.68. The molecule has 1 rings (SSSR count). The number of rotatable bonds is 6. The molecular formula is C12H22N4O. The third kappa shape index (κ3) is 3.56. The largest absolute Gasteiger partial charge is 0.339 e. The van der Waals surface area contributed by atoms with Gasteiger partial charge in [0.2, 0.25) is 0 Å². The molecule has 5 nitrogen and oxygen atoms in total. The van der Waals surface area contributed by atoms with Gasteiger partial charge in [0.05, 0.1) is 11.3 Å². The molecule has 0 aromatic carbocycles. The van der Waals surface area contributed by atoms with Crippen molar-refractivity contribution in [3.05, 3.63) is 17.5 Å². The van der Waals surface area contributed by atoms with E-state index in [4.69, 9.17) is 5.73 Å². The van der Waals surface area contributed by atoms with Gasteiger partial charge < -0.3 is 10.6 Å². The van der Waals surface area contributed by atoms with E-state index in [0.29, 0.717) is 12.1 Å². The number of carbonyl (C=O) groups is 1. The Hall–Kier alpha value is -1.36. The first-order chi connectivity index (χ1) is 8.10. The van der Waals surface area contributed by atoms with E-state index in [1.54, 1.807) is 10.9 Å². The molecule has 0 aliphatic rings. The Bertz CT molecular complexity index is 373. The van der Waals surface area contributed by atoms with Gasteiger partial charge in [-0.05, 0) is 26.3 Å². The maximum atomic E-state index is 12.3. The summed E-state index contributed by atoms with van der Waals surface area (Å²) in [6.07, 6.45) is 3.57. The van der Waals surface area contributed by atoms with E-state index < -0.39 is 0 Å². The lowest BCUT2D eigenvalue weighted by Gasteiger charge is -2.21. The molecule has 0 spiro atoms. The summed E-state index contributed by atoms with van der Waals surface area (Å²) in [5.74, 6) is 0.0610. The highest BCUT2D eigenvalue weighted by molar-refractivity contribution is 5.95. The molecule has 1 heterocycles. The molecule has 1 amide bonds. The van der Waals surface area contributed by atoms with Crippen LogP contribution in [-0.4, -0.2) is 40.2 Å². The zero-order valence-electron chi connectivity index (χ0n) is 10.9. The lowest BCUT2D eigenvalue weighted by Crippen LogP contribution is -2.33. The average molecular weight is 238 g/mol. The molecule has 96 valence electrons. The lowest BCUT2D eigenvalue weighted by atomic mass is 10.2. The minimum absolute atomic E-state index is 0.0610. The van der Waals surface area contributed by atoms with Gasteiger partial charge in [0.1, 0.15) is 0 Å². The van der Waals surface area contributed by atoms with Gasteiger partial charge in [0.15, 0.2) is 0 Å². The zero-order valence-corrected chi connectivity index (χ0v) is 10.9. The summed E-state index contributed by atoms with van der Waals surface area (Å²) in [6, 6.07) is 0. The highest BCUT2D eigenvalue weighted by atomic mass is 16.2. The number of amides is 1. The molecule has 0 atom stereocenters. The van der Waals surface area contributed by atoms with E-state index in [-0.39, 0.29) is 5.91 Å². The van der Waals surface area contributed by atoms with Crippen molar-refractivity contribution in [1.82, 2.24) is 14.7 Å². The molecule has 5 heteroatoms. The van der Waals surface area contributed by atoms with Gasteiger partial charge >= 0.3 is 0 Å². The molecule has 0 radical (unpaired) electrons. The van der Waals surface area contributed by atoms with Crippen LogP contribution in [0.15, 0.2) is 6.20 Å². The van der Waals surface area contributed by atoms with E-state index in [0.717, 1.165) is 31.6 Å². The quantitative estimate of drug-likeness (QED) is 0.802. The minimum Gasteiger partial charge on any atom is -0.339 e. The predicted octanol–water partition coefficient (Wildman–Crippen LogP) is 0.930. The maximum Gasteiger partial charge on any atom is 0.257 e. The van der Waals surface area contributed by atoms with Gasteiger partial charge in [-0.15, -0.1) is 0 Å². The van der Waals surface area contributed by atoms with Crippen molar-refractivity contribution in [2.75, 3.05) is 19.6 Å². The highest BCUT2D eigenvalue weighted by Crippen LogP contribution is 2.10. The van der Waals surface area contributed by atoms with Crippen LogP contribution in [0.3, 0.4) is 0 Å². The van der Waals surface area contributed by atoms with Gasteiger partial charge in [-0.3, -0.25) is 9.48 Å². The van der Waals surface area contributed by atoms with E-state index in [1.165, 1.54) is 0 Å². The predicted molar refractivity (Wildman–Crippen MR) is 67.8 cm³/mol. The third-order valence-electron chi connectivity index (χ3n) is 2.66. The first-order valence-corrected chi connectivity index (χ1v) is 6.09. The van der Waals surface area contributed by atoms with Gasteiger partial charge in [0.25, 0.3) is 5.91 Å². The van der Waals surface area contributed by atoms with Crippen LogP contribution in [-0.2, 0) is 7.05 Å². The Morgan fingerprint density at radius 1 is 1.53 bits per heavy atom. The maximum absolute atomic E-state index is 12.3. The van der Waals surface area contributed by atoms with Crippen LogP contribution in [0.25, 0.3) is 0 Å². The fourth-order valence-electron chi connectivity index (χ4n) is 1.85. The SMILES string of the molecule is CCCN(CCCN)C(=O)c1cn(C)nc1C. The summed E-state index contributed by atoms with van der Waals surface area (Å²) >= 11 is 0. The summed E-state index contributed by atoms with van der Waals surface area (Å²) in [7, 11) is 1.83. The first kappa shape index (κ1) is 13.7. The van der Waals surface area contributed by atoms with Gasteiger partial charge in [-0.1, -0.05) is 6.92 Å². The lowest BCUT2D eigenvalue weighted by molar-refractivity contribution is 0.0754. The summed E-state index contributed by atoms with van der Waals surface area (Å²) in [5, 5.41) is 4.20. The smallest absolute Gasteiger partial charge is 0.257 e. The molecule has 17 heavy (non-hydrogen) atoms. The Morgan fingerprint density at radius 3 is 2.71 bits per heavy atom. The Balaban J connectivity index is 2.79. The Labute approximate surface area is 103 Å². The van der Waals surface area contributed by atoms with Crippen LogP contribution in [0.5, 0.6) is 0 Å². The topological polar surface area (TPSA) is 64.2 Å². The fraction of sp³-hybridized carbons (Fsp3) is 0.667. The Morgan fingerprint density at radius 2 is 2.24 bits per heavy atom. The Kier molecular flexibility index (Phi) is 5.15. The number of aryl methyl sites for hydroxylation is 2. The van der Waals surface area contributed by atoms with Gasteiger partial charge in [-0.25, -0.2) is 0 Å². The van der Waals surface area contributed by atoms with Crippen LogP contribution in [0.2, 0.25) is 0 Å². The molecule has 0 saturated heterocycles. The molecule has 0 fully saturated rings. The number of aromatic nitrogens is 2. The van der Waals surface area contributed by atoms with Crippen molar-refractivity contribution in [2.45, 2.75) is 26.7 Å². The molecule has 0 unspecified atom stereocenters. The number of nitrogens with two attached hydrogens (primary N) is 1. The molecule has 0 aliphatic heterocycles. The molecular weight excluding hydrogens is 216 g/mol. The fourth-order valence-corrected chi connectivity index (χ4v) is 1.85. The molecule has 1 aromatic heterocycles. The average Bonchev–Trinajstić information content (AvgIpc) is 2.63. The van der Waals surface area contributed by atoms with Gasteiger partial charge in [0, 0.05) is 26.3 Å². The van der Waals surface area contributed by atoms with E-state index in [1.807, 2.05) is 18.9 Å². The van der Waals surface area contributed by atoms with E-state index in [2.05, 4.69) is 12.0 Å². The number of nitrogens with zero attached hydrogens (tertiary/aromatic N) is 3. The highest BCUT2D eigenvalue weighted by Gasteiger charge is 2.18. The molecule has 0 saturated carbocycles. The molecule has 0 aliphatic carbocycles. The van der Waals surface area contributed by atoms with Crippen LogP contribution in [0.1, 0.15) is 35.8 Å². The van der Waals surface area contributed by atoms with Crippen LogP contribution in [0, 0.1) is 6.92 Å². The summed E-state index contributed by atoms with van der Waals surface area (Å²) in [6.45, 7) is 6.03. The normalized spacial score (nSPS) is 10.6. The van der Waals surface area contributed by atoms with Crippen molar-refractivity contribution < 1.29 is 4.79 Å². The van der Waals surface area contributed by atoms with Crippen LogP contribution in [0.4, 0.5) is 0 Å². The molecule has 0 bridgehead atoms. The van der Waals surface area contributed by atoms with Gasteiger partial charge in [-0.2, -0.15) is 5.10 Å². The third-order valence-corrected chi connectivity index (χ3v) is 2.66. The molecule has 1 aromatic rings. The second kappa shape index (κ2) is 6.39. The number of hydrogen-bond acceptors (Lipinski definition) is 3. The van der Waals surface area contributed by atoms with E-state index >= 15 is 0 Å². The van der Waals surface area contributed by atoms with Crippen molar-refractivity contribution >= 4 is 5.91 Å². The minimum atomic E-state index is 0.0610. The van der Waals surface area contributed by atoms with Crippen molar-refractivity contribution in [3.8, 4) is 0 Å². The zero-order chi connectivity index (χ0) is 12.8. The number of hydrogen-bond donors (Lipinski definition) is 1. The van der Waals surface area contributed by atoms with Crippen molar-refractivity contribution in [3.63, 3.8) is 0 Å². The summed E-state index contributed by atoms with van der Waals surface area (Å²) in [4.78, 5) is 14.2. The van der Waals surface area contributed by atoms with Crippen LogP contribution < -0.4 is 5.73 Å². The monoisotopic (exact) mass is 238 g/mol. The second-order valence-corrected chi connectivity index (χ2v) is 4.24. The first-order valence-electron chi connectivity index (χ1n) is 6.09. The standard InChI is InChI=1S/C12H22N4O/c1-4-7-16(8-5-6-13)12(17)11-9-15(3)14-10(11)2/h9H,4-8,13H2,1-3H3. The molecule has 2 N–H and O–H groups in total. The van der Waals surface area contributed by atoms with Crippen molar-refractivity contribution in [2.24, 2.45) is 12.8 Å². The van der Waals surface area contributed by atoms with Crippen molar-refractivity contribution in [1.29, 1.82) is 0 Å². The van der Waals surface area contributed by atoms with Crippen LogP contribution >= 0.6 is 0 Å².